The van der Waals surface area contributed by atoms with Gasteiger partial charge in [-0.2, -0.15) is 0 Å². The van der Waals surface area contributed by atoms with Crippen LogP contribution >= 0.6 is 11.3 Å². The van der Waals surface area contributed by atoms with Gasteiger partial charge in [-0.15, -0.1) is 11.3 Å². The Morgan fingerprint density at radius 1 is 1.21 bits per heavy atom. The summed E-state index contributed by atoms with van der Waals surface area (Å²) in [4.78, 5) is 28.8. The Morgan fingerprint density at radius 2 is 2.07 bits per heavy atom. The third-order valence-electron chi connectivity index (χ3n) is 5.47. The molecule has 1 aromatic carbocycles. The molecule has 1 amide bonds. The Labute approximate surface area is 172 Å². The number of aromatic amines is 1. The fourth-order valence-corrected chi connectivity index (χ4v) is 5.19. The molecular formula is C22H21N5OS. The monoisotopic (exact) mass is 403 g/mol. The second-order valence-electron chi connectivity index (χ2n) is 7.34. The summed E-state index contributed by atoms with van der Waals surface area (Å²) in [5, 5.41) is 0. The van der Waals surface area contributed by atoms with Gasteiger partial charge in [0, 0.05) is 29.9 Å². The Bertz CT molecular complexity index is 1170. The van der Waals surface area contributed by atoms with Crippen molar-refractivity contribution in [3.63, 3.8) is 0 Å². The second-order valence-corrected chi connectivity index (χ2v) is 8.45. The number of thiophene rings is 1. The highest BCUT2D eigenvalue weighted by Gasteiger charge is 2.27. The first-order valence-electron chi connectivity index (χ1n) is 9.70. The Balaban J connectivity index is 1.42. The van der Waals surface area contributed by atoms with Crippen molar-refractivity contribution in [3.8, 4) is 10.7 Å². The van der Waals surface area contributed by atoms with Gasteiger partial charge in [-0.25, -0.2) is 4.98 Å². The molecule has 146 valence electrons. The minimum absolute atomic E-state index is 0.424. The number of nitrogens with two attached hydrogens (primary N) is 1. The lowest BCUT2D eigenvalue weighted by molar-refractivity contribution is 0.100. The molecule has 1 aliphatic rings. The van der Waals surface area contributed by atoms with Gasteiger partial charge in [0.05, 0.1) is 16.0 Å². The van der Waals surface area contributed by atoms with E-state index < -0.39 is 5.91 Å². The molecule has 0 saturated carbocycles. The van der Waals surface area contributed by atoms with Gasteiger partial charge in [0.1, 0.15) is 11.3 Å². The average Bonchev–Trinajstić information content (AvgIpc) is 3.46. The fraction of sp³-hybridized carbons (Fsp3) is 0.227. The van der Waals surface area contributed by atoms with Crippen LogP contribution in [0.4, 0.5) is 0 Å². The van der Waals surface area contributed by atoms with Crippen molar-refractivity contribution in [2.24, 2.45) is 5.73 Å². The number of H-pyrrole nitrogens is 1. The van der Waals surface area contributed by atoms with Gasteiger partial charge in [0.25, 0.3) is 5.91 Å². The van der Waals surface area contributed by atoms with Crippen LogP contribution < -0.4 is 5.73 Å². The molecule has 3 aromatic heterocycles. The number of hydrogen-bond donors (Lipinski definition) is 2. The first-order valence-corrected chi connectivity index (χ1v) is 10.5. The molecule has 1 aliphatic heterocycles. The number of likely N-dealkylation sites (tertiary alicyclic amines) is 1. The number of aromatic nitrogens is 3. The smallest absolute Gasteiger partial charge is 0.250 e. The summed E-state index contributed by atoms with van der Waals surface area (Å²) in [5.41, 5.74) is 8.69. The van der Waals surface area contributed by atoms with E-state index in [2.05, 4.69) is 44.1 Å². The van der Waals surface area contributed by atoms with Crippen LogP contribution in [0.3, 0.4) is 0 Å². The fourth-order valence-electron chi connectivity index (χ4n) is 4.07. The predicted octanol–water partition coefficient (Wildman–Crippen LogP) is 4.12. The third-order valence-corrected chi connectivity index (χ3v) is 6.66. The first-order chi connectivity index (χ1) is 14.2. The molecule has 29 heavy (non-hydrogen) atoms. The number of hydrogen-bond acceptors (Lipinski definition) is 5. The maximum absolute atomic E-state index is 11.7. The standard InChI is InChI=1S/C22H21N5OS/c23-21(28)15-3-1-4-16-20(15)26-22(25-16)19-7-6-18(29-19)17-5-2-12-27(17)13-14-8-10-24-11-9-14/h1,3-4,6-11,17H,2,5,12-13H2,(H2,23,28)(H,25,26)/t17-/m1/s1. The summed E-state index contributed by atoms with van der Waals surface area (Å²) in [6.45, 7) is 2.04. The van der Waals surface area contributed by atoms with E-state index in [1.54, 1.807) is 17.4 Å². The summed E-state index contributed by atoms with van der Waals surface area (Å²) >= 11 is 1.76. The zero-order valence-corrected chi connectivity index (χ0v) is 16.7. The number of primary amides is 1. The van der Waals surface area contributed by atoms with Crippen LogP contribution in [0, 0.1) is 0 Å². The van der Waals surface area contributed by atoms with E-state index in [0.717, 1.165) is 35.7 Å². The lowest BCUT2D eigenvalue weighted by atomic mass is 10.1. The molecule has 4 heterocycles. The zero-order chi connectivity index (χ0) is 19.8. The minimum Gasteiger partial charge on any atom is -0.366 e. The topological polar surface area (TPSA) is 87.9 Å². The average molecular weight is 404 g/mol. The molecule has 5 rings (SSSR count). The van der Waals surface area contributed by atoms with Crippen LogP contribution in [-0.4, -0.2) is 32.3 Å². The number of nitrogens with zero attached hydrogens (tertiary/aromatic N) is 3. The van der Waals surface area contributed by atoms with Crippen LogP contribution in [0.2, 0.25) is 0 Å². The molecular weight excluding hydrogens is 382 g/mol. The largest absolute Gasteiger partial charge is 0.366 e. The Morgan fingerprint density at radius 3 is 2.90 bits per heavy atom. The zero-order valence-electron chi connectivity index (χ0n) is 15.8. The maximum atomic E-state index is 11.7. The van der Waals surface area contributed by atoms with E-state index in [4.69, 9.17) is 5.73 Å². The molecule has 0 aliphatic carbocycles. The number of imidazole rings is 1. The molecule has 0 spiro atoms. The van der Waals surface area contributed by atoms with Gasteiger partial charge in [0.2, 0.25) is 0 Å². The van der Waals surface area contributed by atoms with Crippen molar-refractivity contribution in [1.29, 1.82) is 0 Å². The minimum atomic E-state index is -0.460. The maximum Gasteiger partial charge on any atom is 0.250 e. The normalized spacial score (nSPS) is 17.2. The highest BCUT2D eigenvalue weighted by atomic mass is 32.1. The number of benzene rings is 1. The van der Waals surface area contributed by atoms with Gasteiger partial charge < -0.3 is 10.7 Å². The van der Waals surface area contributed by atoms with Crippen molar-refractivity contribution in [2.75, 3.05) is 6.54 Å². The molecule has 1 fully saturated rings. The van der Waals surface area contributed by atoms with Gasteiger partial charge >= 0.3 is 0 Å². The van der Waals surface area contributed by atoms with Crippen LogP contribution in [0.15, 0.2) is 54.9 Å². The SMILES string of the molecule is NC(=O)c1cccc2[nH]c(-c3ccc([C@H]4CCCN4Cc4ccncc4)s3)nc12. The summed E-state index contributed by atoms with van der Waals surface area (Å²) < 4.78 is 0. The van der Waals surface area contributed by atoms with E-state index in [0.29, 0.717) is 17.1 Å². The Kier molecular flexibility index (Phi) is 4.61. The third kappa shape index (κ3) is 3.43. The molecule has 1 atom stereocenters. The molecule has 4 aromatic rings. The molecule has 7 heteroatoms. The lowest BCUT2D eigenvalue weighted by Crippen LogP contribution is -2.22. The van der Waals surface area contributed by atoms with E-state index in [1.165, 1.54) is 16.9 Å². The lowest BCUT2D eigenvalue weighted by Gasteiger charge is -2.23. The Hall–Kier alpha value is -3.03. The number of carbonyl (C=O) groups is 1. The van der Waals surface area contributed by atoms with Crippen LogP contribution in [0.25, 0.3) is 21.7 Å². The van der Waals surface area contributed by atoms with Gasteiger partial charge in [-0.05, 0) is 61.3 Å². The van der Waals surface area contributed by atoms with Crippen LogP contribution in [0.5, 0.6) is 0 Å². The second kappa shape index (κ2) is 7.42. The highest BCUT2D eigenvalue weighted by molar-refractivity contribution is 7.15. The number of fused-ring (bicyclic) bond motifs is 1. The van der Waals surface area contributed by atoms with Crippen molar-refractivity contribution < 1.29 is 4.79 Å². The number of nitrogens with one attached hydrogen (secondary N) is 1. The quantitative estimate of drug-likeness (QED) is 0.525. The molecule has 1 saturated heterocycles. The van der Waals surface area contributed by atoms with E-state index >= 15 is 0 Å². The van der Waals surface area contributed by atoms with Crippen molar-refractivity contribution >= 4 is 28.3 Å². The van der Waals surface area contributed by atoms with Crippen LogP contribution in [0.1, 0.15) is 39.7 Å². The molecule has 6 nitrogen and oxygen atoms in total. The number of para-hydroxylation sites is 1. The first kappa shape index (κ1) is 18.0. The van der Waals surface area contributed by atoms with Gasteiger partial charge in [0.15, 0.2) is 0 Å². The summed E-state index contributed by atoms with van der Waals surface area (Å²) in [6.07, 6.45) is 6.07. The number of pyridine rings is 1. The number of rotatable bonds is 5. The van der Waals surface area contributed by atoms with Crippen LogP contribution in [-0.2, 0) is 6.54 Å². The molecule has 0 unspecified atom stereocenters. The van der Waals surface area contributed by atoms with Crippen molar-refractivity contribution in [3.05, 3.63) is 70.9 Å². The molecule has 0 bridgehead atoms. The van der Waals surface area contributed by atoms with Crippen molar-refractivity contribution in [2.45, 2.75) is 25.4 Å². The van der Waals surface area contributed by atoms with E-state index in [-0.39, 0.29) is 0 Å². The van der Waals surface area contributed by atoms with Gasteiger partial charge in [-0.1, -0.05) is 6.07 Å². The number of carbonyl (C=O) groups excluding carboxylic acids is 1. The molecule has 0 radical (unpaired) electrons. The summed E-state index contributed by atoms with van der Waals surface area (Å²) in [5.74, 6) is 0.321. The molecule has 3 N–H and O–H groups in total. The van der Waals surface area contributed by atoms with E-state index in [9.17, 15) is 4.79 Å². The number of amides is 1. The summed E-state index contributed by atoms with van der Waals surface area (Å²) in [6, 6.07) is 14.4. The van der Waals surface area contributed by atoms with Crippen molar-refractivity contribution in [1.82, 2.24) is 19.9 Å². The highest BCUT2D eigenvalue weighted by Crippen LogP contribution is 2.39. The predicted molar refractivity (Wildman–Crippen MR) is 115 cm³/mol. The summed E-state index contributed by atoms with van der Waals surface area (Å²) in [7, 11) is 0. The van der Waals surface area contributed by atoms with Gasteiger partial charge in [-0.3, -0.25) is 14.7 Å². The van der Waals surface area contributed by atoms with E-state index in [1.807, 2.05) is 24.5 Å².